The molecule has 0 aromatic carbocycles. The molecular weight excluding hydrogens is 209 g/mol. The number of aromatic nitrogens is 4. The number of carboxylic acids is 1. The van der Waals surface area contributed by atoms with Gasteiger partial charge in [-0.2, -0.15) is 0 Å². The molecule has 2 N–H and O–H groups in total. The van der Waals surface area contributed by atoms with E-state index in [1.807, 2.05) is 0 Å². The number of aryl methyl sites for hydroxylation is 1. The number of nitrogens with two attached hydrogens (primary N) is 1. The van der Waals surface area contributed by atoms with Crippen molar-refractivity contribution in [3.8, 4) is 0 Å². The van der Waals surface area contributed by atoms with E-state index in [1.54, 1.807) is 7.05 Å². The summed E-state index contributed by atoms with van der Waals surface area (Å²) in [4.78, 5) is 10.1. The van der Waals surface area contributed by atoms with Crippen LogP contribution >= 0.6 is 0 Å². The fraction of sp³-hybridized carbons (Fsp3) is 0.500. The fourth-order valence-electron chi connectivity index (χ4n) is 0.602. The fourth-order valence-corrected chi connectivity index (χ4v) is 0.602. The van der Waals surface area contributed by atoms with Gasteiger partial charge in [-0.25, -0.2) is 0 Å². The number of halogens is 1. The van der Waals surface area contributed by atoms with Gasteiger partial charge < -0.3 is 28.0 Å². The molecule has 1 aromatic heterocycles. The van der Waals surface area contributed by atoms with Gasteiger partial charge in [0, 0.05) is 0 Å². The molecule has 1 rings (SSSR count). The van der Waals surface area contributed by atoms with E-state index in [1.165, 1.54) is 4.68 Å². The summed E-state index contributed by atoms with van der Waals surface area (Å²) in [5.41, 5.74) is 5.36. The monoisotopic (exact) mass is 215 g/mol. The average molecular weight is 216 g/mol. The Labute approximate surface area is 103 Å². The van der Waals surface area contributed by atoms with Gasteiger partial charge in [-0.05, 0) is 0 Å². The van der Waals surface area contributed by atoms with E-state index in [0.29, 0.717) is 0 Å². The zero-order chi connectivity index (χ0) is 8.43. The molecule has 7 nitrogen and oxygen atoms in total. The molecule has 13 heavy (non-hydrogen) atoms. The van der Waals surface area contributed by atoms with Crippen LogP contribution in [-0.2, 0) is 18.4 Å². The van der Waals surface area contributed by atoms with Gasteiger partial charge in [-0.3, -0.25) is 0 Å². The number of anilines is 1. The van der Waals surface area contributed by atoms with Gasteiger partial charge in [0.05, 0.1) is 18.2 Å². The zero-order valence-electron chi connectivity index (χ0n) is 7.27. The van der Waals surface area contributed by atoms with E-state index < -0.39 is 5.97 Å². The van der Waals surface area contributed by atoms with Crippen molar-refractivity contribution in [2.75, 3.05) is 5.73 Å². The van der Waals surface area contributed by atoms with Crippen LogP contribution in [0.15, 0.2) is 0 Å². The predicted octanol–water partition coefficient (Wildman–Crippen LogP) is -9.56. The minimum Gasteiger partial charge on any atom is -1.00 e. The maximum atomic E-state index is 10.1. The summed E-state index contributed by atoms with van der Waals surface area (Å²) >= 11 is 0. The Morgan fingerprint density at radius 2 is 2.31 bits per heavy atom. The van der Waals surface area contributed by atoms with Gasteiger partial charge in [0.25, 0.3) is 0 Å². The Balaban J connectivity index is 0. The van der Waals surface area contributed by atoms with Crippen LogP contribution in [0.3, 0.4) is 0 Å². The molecule has 0 atom stereocenters. The maximum absolute atomic E-state index is 10.1. The van der Waals surface area contributed by atoms with Gasteiger partial charge in [0.15, 0.2) is 0 Å². The molecule has 0 aliphatic rings. The van der Waals surface area contributed by atoms with Crippen LogP contribution in [-0.4, -0.2) is 21.1 Å². The van der Waals surface area contributed by atoms with E-state index >= 15 is 0 Å². The van der Waals surface area contributed by atoms with Gasteiger partial charge in [0.2, 0.25) is 0 Å². The number of hydrogen-bond acceptors (Lipinski definition) is 5. The van der Waals surface area contributed by atoms with Crippen molar-refractivity contribution >= 4 is 11.9 Å². The number of carbonyl (C=O) groups is 1. The van der Waals surface area contributed by atoms with E-state index in [9.17, 15) is 9.90 Å². The number of rotatable bonds is 2. The quantitative estimate of drug-likeness (QED) is 0.390. The first-order chi connectivity index (χ1) is 5.11. The molecule has 0 saturated carbocycles. The first-order valence-corrected chi connectivity index (χ1v) is 2.86. The molecular formula is C4H7ClN5NaO2. The Kier molecular flexibility index (Phi) is 7.14. The topological polar surface area (TPSA) is 101 Å². The molecule has 9 heteroatoms. The summed E-state index contributed by atoms with van der Waals surface area (Å²) in [5.74, 6) is -1.07. The summed E-state index contributed by atoms with van der Waals surface area (Å²) in [7, 11) is 1.56. The number of nitrogens with zero attached hydrogens (tertiary/aromatic N) is 4. The van der Waals surface area contributed by atoms with Crippen molar-refractivity contribution < 1.29 is 56.5 Å². The molecule has 0 saturated heterocycles. The summed E-state index contributed by atoms with van der Waals surface area (Å²) < 4.78 is 2.30. The number of aliphatic carboxylic acids is 1. The molecule has 0 radical (unpaired) electrons. The second-order valence-corrected chi connectivity index (χ2v) is 1.99. The SMILES string of the molecule is C[n+]1nnn(CC(=O)[O-])c1N.[Cl-].[Na+]. The van der Waals surface area contributed by atoms with Gasteiger partial charge in [-0.1, -0.05) is 4.68 Å². The second-order valence-electron chi connectivity index (χ2n) is 1.99. The van der Waals surface area contributed by atoms with Crippen molar-refractivity contribution in [1.82, 2.24) is 15.1 Å². The van der Waals surface area contributed by atoms with Crippen molar-refractivity contribution in [3.63, 3.8) is 0 Å². The molecule has 1 heterocycles. The van der Waals surface area contributed by atoms with Crippen LogP contribution in [0.25, 0.3) is 0 Å². The van der Waals surface area contributed by atoms with Crippen molar-refractivity contribution in [3.05, 3.63) is 0 Å². The largest absolute Gasteiger partial charge is 1.00 e. The first kappa shape index (κ1) is 15.1. The first-order valence-electron chi connectivity index (χ1n) is 2.86. The second kappa shape index (κ2) is 6.14. The minimum atomic E-state index is -1.25. The van der Waals surface area contributed by atoms with Crippen LogP contribution in [0.4, 0.5) is 5.95 Å². The van der Waals surface area contributed by atoms with Gasteiger partial charge in [-0.15, -0.1) is 4.68 Å². The van der Waals surface area contributed by atoms with E-state index in [2.05, 4.69) is 10.4 Å². The summed E-state index contributed by atoms with van der Waals surface area (Å²) in [5, 5.41) is 17.0. The Morgan fingerprint density at radius 1 is 1.77 bits per heavy atom. The normalized spacial score (nSPS) is 8.38. The molecule has 0 aliphatic heterocycles. The smallest absolute Gasteiger partial charge is 1.00 e. The average Bonchev–Trinajstić information content (AvgIpc) is 2.18. The third kappa shape index (κ3) is 3.90. The number of nitrogen functional groups attached to an aromatic ring is 1. The zero-order valence-corrected chi connectivity index (χ0v) is 10.0. The molecule has 68 valence electrons. The third-order valence-electron chi connectivity index (χ3n) is 1.16. The van der Waals surface area contributed by atoms with Crippen LogP contribution in [0, 0.1) is 0 Å². The van der Waals surface area contributed by atoms with Crippen molar-refractivity contribution in [2.45, 2.75) is 6.54 Å². The number of hydrogen-bond donors (Lipinski definition) is 1. The summed E-state index contributed by atoms with van der Waals surface area (Å²) in [6.45, 7) is -0.375. The van der Waals surface area contributed by atoms with Crippen LogP contribution in [0.5, 0.6) is 0 Å². The summed E-state index contributed by atoms with van der Waals surface area (Å²) in [6.07, 6.45) is 0. The molecule has 0 spiro atoms. The Morgan fingerprint density at radius 3 is 2.62 bits per heavy atom. The van der Waals surface area contributed by atoms with Crippen LogP contribution in [0.2, 0.25) is 0 Å². The Hall–Kier alpha value is -0.370. The van der Waals surface area contributed by atoms with Crippen molar-refractivity contribution in [2.24, 2.45) is 7.05 Å². The number of tetrazole rings is 1. The molecule has 0 bridgehead atoms. The van der Waals surface area contributed by atoms with Gasteiger partial charge >= 0.3 is 35.5 Å². The maximum Gasteiger partial charge on any atom is 1.00 e. The van der Waals surface area contributed by atoms with Crippen molar-refractivity contribution in [1.29, 1.82) is 0 Å². The standard InChI is InChI=1S/C4H7N5O2.ClH.Na/c1-8-4(5)9(7-6-8)2-3(10)11;;/h5H,2H2,1H3,(H,10,11);1H;/q;;+1/p-1. The van der Waals surface area contributed by atoms with E-state index in [0.717, 1.165) is 4.68 Å². The molecule has 1 aromatic rings. The van der Waals surface area contributed by atoms with E-state index in [-0.39, 0.29) is 54.5 Å². The van der Waals surface area contributed by atoms with Gasteiger partial charge in [0.1, 0.15) is 11.8 Å². The number of carboxylic acid groups (broad SMARTS) is 1. The summed E-state index contributed by atoms with van der Waals surface area (Å²) in [6, 6.07) is 0. The molecule has 0 amide bonds. The van der Waals surface area contributed by atoms with Crippen LogP contribution < -0.4 is 57.5 Å². The third-order valence-corrected chi connectivity index (χ3v) is 1.16. The predicted molar refractivity (Wildman–Crippen MR) is 30.6 cm³/mol. The minimum absolute atomic E-state index is 0. The molecule has 0 unspecified atom stereocenters. The molecule has 0 aliphatic carbocycles. The molecule has 0 fully saturated rings. The Bertz CT molecular complexity index is 290. The van der Waals surface area contributed by atoms with E-state index in [4.69, 9.17) is 5.73 Å². The van der Waals surface area contributed by atoms with Crippen LogP contribution in [0.1, 0.15) is 0 Å². The number of carbonyl (C=O) groups excluding carboxylic acids is 1.